The number of aromatic amines is 1. The number of methoxy groups -OCH3 is 1. The van der Waals surface area contributed by atoms with Gasteiger partial charge in [-0.05, 0) is 19.4 Å². The molecule has 1 fully saturated rings. The van der Waals surface area contributed by atoms with E-state index in [2.05, 4.69) is 20.9 Å². The summed E-state index contributed by atoms with van der Waals surface area (Å²) in [5, 5.41) is 10.2. The van der Waals surface area contributed by atoms with E-state index < -0.39 is 0 Å². The van der Waals surface area contributed by atoms with E-state index in [1.807, 2.05) is 25.3 Å². The lowest BCUT2D eigenvalue weighted by Crippen LogP contribution is -2.28. The zero-order valence-electron chi connectivity index (χ0n) is 16.1. The molecule has 0 radical (unpaired) electrons. The molecule has 144 valence electrons. The van der Waals surface area contributed by atoms with Crippen LogP contribution in [0.1, 0.15) is 17.7 Å². The van der Waals surface area contributed by atoms with Crippen LogP contribution in [0.2, 0.25) is 0 Å². The van der Waals surface area contributed by atoms with Crippen LogP contribution in [0.3, 0.4) is 0 Å². The Morgan fingerprint density at radius 3 is 3.07 bits per heavy atom. The van der Waals surface area contributed by atoms with Gasteiger partial charge in [0.05, 0.1) is 29.6 Å². The highest BCUT2D eigenvalue weighted by Crippen LogP contribution is 2.30. The van der Waals surface area contributed by atoms with Gasteiger partial charge in [0.1, 0.15) is 17.9 Å². The van der Waals surface area contributed by atoms with E-state index in [4.69, 9.17) is 14.5 Å². The predicted octanol–water partition coefficient (Wildman–Crippen LogP) is 2.90. The van der Waals surface area contributed by atoms with Crippen molar-refractivity contribution in [2.45, 2.75) is 19.4 Å². The smallest absolute Gasteiger partial charge is 0.235 e. The number of H-pyrrole nitrogens is 1. The second-order valence-corrected chi connectivity index (χ2v) is 7.01. The number of hydrogen-bond acceptors (Lipinski definition) is 6. The molecule has 1 saturated heterocycles. The highest BCUT2D eigenvalue weighted by Gasteiger charge is 2.25. The number of aryl methyl sites for hydroxylation is 1. The second kappa shape index (κ2) is 7.97. The molecule has 1 aliphatic heterocycles. The fraction of sp³-hybridized carbons (Fsp3) is 0.381. The Morgan fingerprint density at radius 2 is 2.29 bits per heavy atom. The Morgan fingerprint density at radius 1 is 1.39 bits per heavy atom. The van der Waals surface area contributed by atoms with Gasteiger partial charge in [0, 0.05) is 43.9 Å². The third kappa shape index (κ3) is 3.57. The summed E-state index contributed by atoms with van der Waals surface area (Å²) in [6.07, 6.45) is 4.72. The van der Waals surface area contributed by atoms with E-state index in [-0.39, 0.29) is 6.10 Å². The monoisotopic (exact) mass is 377 g/mol. The van der Waals surface area contributed by atoms with E-state index >= 15 is 0 Å². The highest BCUT2D eigenvalue weighted by atomic mass is 16.5. The van der Waals surface area contributed by atoms with E-state index in [1.165, 1.54) is 0 Å². The van der Waals surface area contributed by atoms with Gasteiger partial charge in [-0.2, -0.15) is 5.26 Å². The zero-order valence-corrected chi connectivity index (χ0v) is 16.1. The molecule has 4 rings (SSSR count). The van der Waals surface area contributed by atoms with Crippen molar-refractivity contribution in [1.82, 2.24) is 19.9 Å². The first-order valence-electron chi connectivity index (χ1n) is 9.41. The summed E-state index contributed by atoms with van der Waals surface area (Å²) >= 11 is 0. The summed E-state index contributed by atoms with van der Waals surface area (Å²) in [7, 11) is 1.72. The van der Waals surface area contributed by atoms with Crippen molar-refractivity contribution >= 4 is 10.9 Å². The Bertz CT molecular complexity index is 1020. The highest BCUT2D eigenvalue weighted by molar-refractivity contribution is 5.97. The number of hydrogen-bond donors (Lipinski definition) is 1. The molecular formula is C21H23N5O2. The maximum atomic E-state index is 9.27. The number of aromatic nitrogens is 3. The summed E-state index contributed by atoms with van der Waals surface area (Å²) in [4.78, 5) is 14.8. The molecule has 28 heavy (non-hydrogen) atoms. The maximum absolute atomic E-state index is 9.27. The number of ether oxygens (including phenoxy) is 2. The van der Waals surface area contributed by atoms with Crippen LogP contribution in [0, 0.1) is 18.3 Å². The lowest BCUT2D eigenvalue weighted by Gasteiger charge is -2.16. The van der Waals surface area contributed by atoms with E-state index in [0.717, 1.165) is 60.5 Å². The van der Waals surface area contributed by atoms with Crippen LogP contribution in [-0.4, -0.2) is 59.3 Å². The third-order valence-corrected chi connectivity index (χ3v) is 5.13. The number of rotatable bonds is 6. The zero-order chi connectivity index (χ0) is 19.5. The molecule has 7 heteroatoms. The molecule has 3 heterocycles. The average molecular weight is 377 g/mol. The van der Waals surface area contributed by atoms with Crippen molar-refractivity contribution in [3.05, 3.63) is 41.9 Å². The standard InChI is InChI=1S/C21H23N5O2/c1-14-21(28-16-6-7-26(13-16)8-9-27-2)24-12-19(25-14)18-11-23-20-15(10-22)4-3-5-17(18)20/h3-5,11-12,16,23H,6-9,13H2,1-2H3. The number of benzene rings is 1. The van der Waals surface area contributed by atoms with Gasteiger partial charge in [0.25, 0.3) is 0 Å². The summed E-state index contributed by atoms with van der Waals surface area (Å²) in [5.74, 6) is 0.583. The SMILES string of the molecule is COCCN1CCC(Oc2ncc(-c3c[nH]c4c(C#N)cccc34)nc2C)C1. The first-order chi connectivity index (χ1) is 13.7. The van der Waals surface area contributed by atoms with Crippen molar-refractivity contribution in [3.63, 3.8) is 0 Å². The Labute approximate surface area is 163 Å². The quantitative estimate of drug-likeness (QED) is 0.711. The fourth-order valence-electron chi connectivity index (χ4n) is 3.65. The molecule has 1 unspecified atom stereocenters. The van der Waals surface area contributed by atoms with Gasteiger partial charge in [-0.15, -0.1) is 0 Å². The third-order valence-electron chi connectivity index (χ3n) is 5.13. The minimum Gasteiger partial charge on any atom is -0.472 e. The maximum Gasteiger partial charge on any atom is 0.235 e. The van der Waals surface area contributed by atoms with Crippen LogP contribution >= 0.6 is 0 Å². The molecule has 3 aromatic rings. The molecule has 0 saturated carbocycles. The van der Waals surface area contributed by atoms with E-state index in [1.54, 1.807) is 19.4 Å². The van der Waals surface area contributed by atoms with E-state index in [0.29, 0.717) is 11.4 Å². The number of nitrogens with zero attached hydrogens (tertiary/aromatic N) is 4. The second-order valence-electron chi connectivity index (χ2n) is 7.01. The molecule has 7 nitrogen and oxygen atoms in total. The van der Waals surface area contributed by atoms with Gasteiger partial charge < -0.3 is 14.5 Å². The van der Waals surface area contributed by atoms with Crippen molar-refractivity contribution in [2.24, 2.45) is 0 Å². The van der Waals surface area contributed by atoms with Crippen molar-refractivity contribution in [3.8, 4) is 23.2 Å². The molecule has 2 aromatic heterocycles. The van der Waals surface area contributed by atoms with Gasteiger partial charge in [-0.3, -0.25) is 4.90 Å². The number of para-hydroxylation sites is 1. The molecule has 0 bridgehead atoms. The Balaban J connectivity index is 1.52. The van der Waals surface area contributed by atoms with Crippen LogP contribution in [0.4, 0.5) is 0 Å². The number of likely N-dealkylation sites (tertiary alicyclic amines) is 1. The van der Waals surface area contributed by atoms with Gasteiger partial charge >= 0.3 is 0 Å². The largest absolute Gasteiger partial charge is 0.472 e. The Kier molecular flexibility index (Phi) is 5.24. The number of nitriles is 1. The van der Waals surface area contributed by atoms with Gasteiger partial charge in [-0.1, -0.05) is 12.1 Å². The molecule has 1 aromatic carbocycles. The van der Waals surface area contributed by atoms with Crippen LogP contribution in [0.25, 0.3) is 22.2 Å². The summed E-state index contributed by atoms with van der Waals surface area (Å²) < 4.78 is 11.3. The fourth-order valence-corrected chi connectivity index (χ4v) is 3.65. The summed E-state index contributed by atoms with van der Waals surface area (Å²) in [6.45, 7) is 5.46. The normalized spacial score (nSPS) is 17.1. The van der Waals surface area contributed by atoms with Crippen LogP contribution < -0.4 is 4.74 Å². The number of nitrogens with one attached hydrogen (secondary N) is 1. The number of fused-ring (bicyclic) bond motifs is 1. The van der Waals surface area contributed by atoms with Crippen LogP contribution in [-0.2, 0) is 4.74 Å². The molecular weight excluding hydrogens is 354 g/mol. The Hall–Kier alpha value is -2.95. The first kappa shape index (κ1) is 18.4. The first-order valence-corrected chi connectivity index (χ1v) is 9.41. The molecule has 0 amide bonds. The van der Waals surface area contributed by atoms with Crippen molar-refractivity contribution in [1.29, 1.82) is 5.26 Å². The lowest BCUT2D eigenvalue weighted by molar-refractivity contribution is 0.146. The van der Waals surface area contributed by atoms with Gasteiger partial charge in [-0.25, -0.2) is 9.97 Å². The summed E-state index contributed by atoms with van der Waals surface area (Å²) in [6, 6.07) is 7.88. The predicted molar refractivity (Wildman–Crippen MR) is 106 cm³/mol. The van der Waals surface area contributed by atoms with E-state index in [9.17, 15) is 5.26 Å². The molecule has 1 atom stereocenters. The topological polar surface area (TPSA) is 87.1 Å². The molecule has 1 N–H and O–H groups in total. The minimum absolute atomic E-state index is 0.127. The minimum atomic E-state index is 0.127. The molecule has 0 aliphatic carbocycles. The van der Waals surface area contributed by atoms with Crippen LogP contribution in [0.5, 0.6) is 5.88 Å². The van der Waals surface area contributed by atoms with Crippen LogP contribution in [0.15, 0.2) is 30.6 Å². The van der Waals surface area contributed by atoms with Crippen molar-refractivity contribution in [2.75, 3.05) is 33.4 Å². The lowest BCUT2D eigenvalue weighted by atomic mass is 10.1. The molecule has 1 aliphatic rings. The molecule has 0 spiro atoms. The van der Waals surface area contributed by atoms with Crippen molar-refractivity contribution < 1.29 is 9.47 Å². The van der Waals surface area contributed by atoms with Gasteiger partial charge in [0.2, 0.25) is 5.88 Å². The summed E-state index contributed by atoms with van der Waals surface area (Å²) in [5.41, 5.74) is 3.90. The van der Waals surface area contributed by atoms with Gasteiger partial charge in [0.15, 0.2) is 0 Å². The average Bonchev–Trinajstić information content (AvgIpc) is 3.34.